The van der Waals surface area contributed by atoms with Crippen LogP contribution in [0.25, 0.3) is 0 Å². The Morgan fingerprint density at radius 2 is 1.91 bits per heavy atom. The van der Waals surface area contributed by atoms with E-state index in [-0.39, 0.29) is 23.6 Å². The SMILES string of the molecule is O=C1NCCN2C[C@@H](c3ccccc3)c3c(O)cccc3[C@H]12. The first kappa shape index (κ1) is 13.3. The van der Waals surface area contributed by atoms with E-state index in [0.717, 1.165) is 24.2 Å². The van der Waals surface area contributed by atoms with Crippen LogP contribution >= 0.6 is 0 Å². The van der Waals surface area contributed by atoms with Gasteiger partial charge in [-0.25, -0.2) is 0 Å². The van der Waals surface area contributed by atoms with E-state index in [9.17, 15) is 9.90 Å². The molecule has 0 radical (unpaired) electrons. The third kappa shape index (κ3) is 1.99. The molecule has 0 unspecified atom stereocenters. The lowest BCUT2D eigenvalue weighted by Gasteiger charge is -2.43. The van der Waals surface area contributed by atoms with Gasteiger partial charge in [0.05, 0.1) is 0 Å². The first-order valence-electron chi connectivity index (χ1n) is 7.64. The van der Waals surface area contributed by atoms with Gasteiger partial charge in [-0.3, -0.25) is 9.69 Å². The molecule has 0 saturated carbocycles. The summed E-state index contributed by atoms with van der Waals surface area (Å²) in [7, 11) is 0. The Morgan fingerprint density at radius 3 is 2.73 bits per heavy atom. The second-order valence-electron chi connectivity index (χ2n) is 5.93. The van der Waals surface area contributed by atoms with E-state index in [4.69, 9.17) is 0 Å². The maximum Gasteiger partial charge on any atom is 0.242 e. The molecule has 0 aromatic heterocycles. The standard InChI is InChI=1S/C18H18N2O2/c21-15-8-4-7-13-16(15)14(12-5-2-1-3-6-12)11-20-10-9-19-18(22)17(13)20/h1-8,14,17,21H,9-11H2,(H,19,22)/t14-,17+/m0/s1. The number of phenolic OH excluding ortho intramolecular Hbond substituents is 1. The molecule has 1 fully saturated rings. The van der Waals surface area contributed by atoms with Crippen LogP contribution in [0.15, 0.2) is 48.5 Å². The Hall–Kier alpha value is -2.33. The van der Waals surface area contributed by atoms with Crippen LogP contribution in [0.3, 0.4) is 0 Å². The molecule has 0 bridgehead atoms. The summed E-state index contributed by atoms with van der Waals surface area (Å²) in [5, 5.41) is 13.3. The summed E-state index contributed by atoms with van der Waals surface area (Å²) in [6.45, 7) is 2.28. The molecular formula is C18H18N2O2. The number of fused-ring (bicyclic) bond motifs is 3. The van der Waals surface area contributed by atoms with E-state index < -0.39 is 0 Å². The molecule has 2 atom stereocenters. The van der Waals surface area contributed by atoms with E-state index in [2.05, 4.69) is 22.3 Å². The highest BCUT2D eigenvalue weighted by atomic mass is 16.3. The minimum absolute atomic E-state index is 0.0320. The van der Waals surface area contributed by atoms with Crippen molar-refractivity contribution in [3.8, 4) is 5.75 Å². The van der Waals surface area contributed by atoms with Crippen LogP contribution in [-0.2, 0) is 4.79 Å². The molecule has 0 spiro atoms. The molecule has 2 aliphatic rings. The van der Waals surface area contributed by atoms with Gasteiger partial charge < -0.3 is 10.4 Å². The maximum atomic E-state index is 12.3. The fraction of sp³-hybridized carbons (Fsp3) is 0.278. The summed E-state index contributed by atoms with van der Waals surface area (Å²) in [5.74, 6) is 0.411. The van der Waals surface area contributed by atoms with Gasteiger partial charge >= 0.3 is 0 Å². The summed E-state index contributed by atoms with van der Waals surface area (Å²) in [5.41, 5.74) is 3.00. The number of nitrogens with zero attached hydrogens (tertiary/aromatic N) is 1. The fourth-order valence-corrected chi connectivity index (χ4v) is 3.72. The van der Waals surface area contributed by atoms with E-state index in [1.54, 1.807) is 6.07 Å². The highest BCUT2D eigenvalue weighted by Gasteiger charge is 2.40. The molecule has 2 aliphatic heterocycles. The number of amides is 1. The van der Waals surface area contributed by atoms with Gasteiger partial charge in [-0.2, -0.15) is 0 Å². The second-order valence-corrected chi connectivity index (χ2v) is 5.93. The highest BCUT2D eigenvalue weighted by molar-refractivity contribution is 5.85. The number of piperazine rings is 1. The zero-order valence-corrected chi connectivity index (χ0v) is 12.2. The van der Waals surface area contributed by atoms with Gasteiger partial charge in [-0.1, -0.05) is 42.5 Å². The van der Waals surface area contributed by atoms with Crippen LogP contribution in [-0.4, -0.2) is 35.5 Å². The number of hydrogen-bond acceptors (Lipinski definition) is 3. The Labute approximate surface area is 129 Å². The number of aromatic hydroxyl groups is 1. The van der Waals surface area contributed by atoms with Crippen molar-refractivity contribution in [1.29, 1.82) is 0 Å². The minimum atomic E-state index is -0.282. The zero-order chi connectivity index (χ0) is 15.1. The Balaban J connectivity index is 1.89. The van der Waals surface area contributed by atoms with E-state index in [1.807, 2.05) is 30.3 Å². The highest BCUT2D eigenvalue weighted by Crippen LogP contribution is 2.43. The van der Waals surface area contributed by atoms with Crippen molar-refractivity contribution >= 4 is 5.91 Å². The van der Waals surface area contributed by atoms with E-state index >= 15 is 0 Å². The average molecular weight is 294 g/mol. The topological polar surface area (TPSA) is 52.6 Å². The Kier molecular flexibility index (Phi) is 3.12. The van der Waals surface area contributed by atoms with Crippen LogP contribution in [0, 0.1) is 0 Å². The summed E-state index contributed by atoms with van der Waals surface area (Å²) >= 11 is 0. The second kappa shape index (κ2) is 5.14. The minimum Gasteiger partial charge on any atom is -0.508 e. The molecule has 2 N–H and O–H groups in total. The number of benzene rings is 2. The molecule has 2 aromatic rings. The Bertz CT molecular complexity index is 714. The molecule has 2 heterocycles. The molecule has 1 amide bonds. The smallest absolute Gasteiger partial charge is 0.242 e. The third-order valence-electron chi connectivity index (χ3n) is 4.69. The lowest BCUT2D eigenvalue weighted by molar-refractivity contribution is -0.129. The van der Waals surface area contributed by atoms with Gasteiger partial charge in [-0.05, 0) is 17.2 Å². The van der Waals surface area contributed by atoms with Crippen LogP contribution < -0.4 is 5.32 Å². The normalized spacial score (nSPS) is 24.3. The Morgan fingerprint density at radius 1 is 1.09 bits per heavy atom. The predicted molar refractivity (Wildman–Crippen MR) is 83.7 cm³/mol. The average Bonchev–Trinajstić information content (AvgIpc) is 2.55. The van der Waals surface area contributed by atoms with Gasteiger partial charge in [0, 0.05) is 31.1 Å². The maximum absolute atomic E-state index is 12.3. The van der Waals surface area contributed by atoms with Crippen molar-refractivity contribution in [3.05, 3.63) is 65.2 Å². The van der Waals surface area contributed by atoms with Gasteiger partial charge in [0.1, 0.15) is 11.8 Å². The summed E-state index contributed by atoms with van der Waals surface area (Å²) in [6.07, 6.45) is 0. The van der Waals surface area contributed by atoms with Gasteiger partial charge in [-0.15, -0.1) is 0 Å². The molecule has 1 saturated heterocycles. The van der Waals surface area contributed by atoms with Crippen molar-refractivity contribution in [3.63, 3.8) is 0 Å². The molecule has 4 rings (SSSR count). The number of nitrogens with one attached hydrogen (secondary N) is 1. The number of hydrogen-bond donors (Lipinski definition) is 2. The molecule has 4 nitrogen and oxygen atoms in total. The quantitative estimate of drug-likeness (QED) is 0.846. The third-order valence-corrected chi connectivity index (χ3v) is 4.69. The van der Waals surface area contributed by atoms with Crippen molar-refractivity contribution in [2.45, 2.75) is 12.0 Å². The molecule has 4 heteroatoms. The summed E-state index contributed by atoms with van der Waals surface area (Å²) in [6, 6.07) is 15.4. The van der Waals surface area contributed by atoms with Crippen molar-refractivity contribution in [2.24, 2.45) is 0 Å². The number of carbonyl (C=O) groups is 1. The van der Waals surface area contributed by atoms with Crippen LogP contribution in [0.1, 0.15) is 28.7 Å². The molecule has 22 heavy (non-hydrogen) atoms. The van der Waals surface area contributed by atoms with Crippen LogP contribution in [0.2, 0.25) is 0 Å². The number of rotatable bonds is 1. The van der Waals surface area contributed by atoms with Gasteiger partial charge in [0.25, 0.3) is 0 Å². The summed E-state index contributed by atoms with van der Waals surface area (Å²) < 4.78 is 0. The van der Waals surface area contributed by atoms with Crippen LogP contribution in [0.5, 0.6) is 5.75 Å². The number of carbonyl (C=O) groups excluding carboxylic acids is 1. The van der Waals surface area contributed by atoms with Gasteiger partial charge in [0.15, 0.2) is 0 Å². The van der Waals surface area contributed by atoms with Crippen molar-refractivity contribution in [2.75, 3.05) is 19.6 Å². The summed E-state index contributed by atoms with van der Waals surface area (Å²) in [4.78, 5) is 14.5. The molecule has 0 aliphatic carbocycles. The number of phenols is 1. The van der Waals surface area contributed by atoms with E-state index in [0.29, 0.717) is 6.54 Å². The molecular weight excluding hydrogens is 276 g/mol. The first-order valence-corrected chi connectivity index (χ1v) is 7.64. The lowest BCUT2D eigenvalue weighted by Crippen LogP contribution is -2.53. The van der Waals surface area contributed by atoms with E-state index in [1.165, 1.54) is 5.56 Å². The van der Waals surface area contributed by atoms with Crippen molar-refractivity contribution in [1.82, 2.24) is 10.2 Å². The zero-order valence-electron chi connectivity index (χ0n) is 12.2. The molecule has 2 aromatic carbocycles. The first-order chi connectivity index (χ1) is 10.8. The monoisotopic (exact) mass is 294 g/mol. The lowest BCUT2D eigenvalue weighted by atomic mass is 9.80. The largest absolute Gasteiger partial charge is 0.508 e. The molecule has 112 valence electrons. The predicted octanol–water partition coefficient (Wildman–Crippen LogP) is 2.01. The van der Waals surface area contributed by atoms with Gasteiger partial charge in [0.2, 0.25) is 5.91 Å². The van der Waals surface area contributed by atoms with Crippen molar-refractivity contribution < 1.29 is 9.90 Å². The fourth-order valence-electron chi connectivity index (χ4n) is 3.72. The van der Waals surface area contributed by atoms with Crippen LogP contribution in [0.4, 0.5) is 0 Å².